The van der Waals surface area contributed by atoms with E-state index in [0.29, 0.717) is 18.0 Å². The number of hydrogen-bond acceptors (Lipinski definition) is 4. The molecule has 2 aromatic heterocycles. The number of fused-ring (bicyclic) bond motifs is 2. The van der Waals surface area contributed by atoms with E-state index in [1.165, 1.54) is 25.9 Å². The van der Waals surface area contributed by atoms with Gasteiger partial charge in [0.1, 0.15) is 5.52 Å². The van der Waals surface area contributed by atoms with E-state index in [2.05, 4.69) is 19.4 Å². The predicted molar refractivity (Wildman–Crippen MR) is 70.2 cm³/mol. The summed E-state index contributed by atoms with van der Waals surface area (Å²) in [4.78, 5) is 11.5. The number of rotatable bonds is 1. The van der Waals surface area contributed by atoms with Gasteiger partial charge in [0.2, 0.25) is 5.95 Å². The Balaban J connectivity index is 1.84. The van der Waals surface area contributed by atoms with Crippen LogP contribution in [0.5, 0.6) is 0 Å². The fraction of sp³-hybridized carbons (Fsp3) is 0.538. The SMILES string of the molecule is Nc1nc2cccnc2n1C1CCN2CCCC12. The van der Waals surface area contributed by atoms with E-state index in [-0.39, 0.29) is 0 Å². The average molecular weight is 243 g/mol. The summed E-state index contributed by atoms with van der Waals surface area (Å²) in [6.07, 6.45) is 5.57. The summed E-state index contributed by atoms with van der Waals surface area (Å²) < 4.78 is 2.16. The van der Waals surface area contributed by atoms with Crippen molar-refractivity contribution in [1.29, 1.82) is 0 Å². The predicted octanol–water partition coefficient (Wildman–Crippen LogP) is 1.42. The van der Waals surface area contributed by atoms with E-state index in [4.69, 9.17) is 5.73 Å². The molecule has 2 fully saturated rings. The zero-order valence-corrected chi connectivity index (χ0v) is 10.3. The Morgan fingerprint density at radius 2 is 2.17 bits per heavy atom. The van der Waals surface area contributed by atoms with E-state index in [9.17, 15) is 0 Å². The van der Waals surface area contributed by atoms with Crippen LogP contribution in [0.1, 0.15) is 25.3 Å². The van der Waals surface area contributed by atoms with Crippen LogP contribution in [0.4, 0.5) is 5.95 Å². The zero-order chi connectivity index (χ0) is 12.1. The molecule has 4 rings (SSSR count). The highest BCUT2D eigenvalue weighted by Crippen LogP contribution is 2.38. The lowest BCUT2D eigenvalue weighted by atomic mass is 10.1. The first-order valence-corrected chi connectivity index (χ1v) is 6.67. The largest absolute Gasteiger partial charge is 0.369 e. The Morgan fingerprint density at radius 3 is 3.11 bits per heavy atom. The van der Waals surface area contributed by atoms with Gasteiger partial charge in [-0.25, -0.2) is 9.97 Å². The van der Waals surface area contributed by atoms with Gasteiger partial charge in [-0.15, -0.1) is 0 Å². The van der Waals surface area contributed by atoms with E-state index < -0.39 is 0 Å². The van der Waals surface area contributed by atoms with Crippen LogP contribution in [-0.4, -0.2) is 38.6 Å². The second kappa shape index (κ2) is 3.68. The molecule has 2 aromatic rings. The van der Waals surface area contributed by atoms with Crippen molar-refractivity contribution in [2.24, 2.45) is 0 Å². The van der Waals surface area contributed by atoms with Crippen LogP contribution >= 0.6 is 0 Å². The van der Waals surface area contributed by atoms with Gasteiger partial charge >= 0.3 is 0 Å². The Labute approximate surface area is 106 Å². The fourth-order valence-electron chi connectivity index (χ4n) is 3.63. The average Bonchev–Trinajstić information content (AvgIpc) is 3.01. The minimum atomic E-state index is 0.451. The van der Waals surface area contributed by atoms with Crippen LogP contribution in [-0.2, 0) is 0 Å². The summed E-state index contributed by atoms with van der Waals surface area (Å²) >= 11 is 0. The maximum Gasteiger partial charge on any atom is 0.202 e. The van der Waals surface area contributed by atoms with Gasteiger partial charge < -0.3 is 5.73 Å². The molecule has 2 saturated heterocycles. The van der Waals surface area contributed by atoms with Crippen LogP contribution in [0.3, 0.4) is 0 Å². The fourth-order valence-corrected chi connectivity index (χ4v) is 3.63. The van der Waals surface area contributed by atoms with Crippen molar-refractivity contribution in [3.05, 3.63) is 18.3 Å². The topological polar surface area (TPSA) is 60.0 Å². The number of nitrogens with two attached hydrogens (primary N) is 1. The molecule has 0 spiro atoms. The Hall–Kier alpha value is -1.62. The molecule has 2 aliphatic heterocycles. The molecular formula is C13H17N5. The van der Waals surface area contributed by atoms with Crippen LogP contribution in [0, 0.1) is 0 Å². The first-order chi connectivity index (χ1) is 8.84. The van der Waals surface area contributed by atoms with Gasteiger partial charge in [0.05, 0.1) is 6.04 Å². The molecule has 94 valence electrons. The smallest absolute Gasteiger partial charge is 0.202 e. The van der Waals surface area contributed by atoms with Crippen LogP contribution in [0.15, 0.2) is 18.3 Å². The number of hydrogen-bond donors (Lipinski definition) is 1. The quantitative estimate of drug-likeness (QED) is 0.823. The summed E-state index contributed by atoms with van der Waals surface area (Å²) in [7, 11) is 0. The molecule has 0 bridgehead atoms. The number of aromatic nitrogens is 3. The van der Waals surface area contributed by atoms with Crippen molar-refractivity contribution < 1.29 is 0 Å². The lowest BCUT2D eigenvalue weighted by Crippen LogP contribution is -2.28. The highest BCUT2D eigenvalue weighted by molar-refractivity contribution is 5.74. The number of nitrogens with zero attached hydrogens (tertiary/aromatic N) is 4. The molecular weight excluding hydrogens is 226 g/mol. The van der Waals surface area contributed by atoms with Crippen molar-refractivity contribution >= 4 is 17.1 Å². The highest BCUT2D eigenvalue weighted by Gasteiger charge is 2.39. The zero-order valence-electron chi connectivity index (χ0n) is 10.3. The van der Waals surface area contributed by atoms with Gasteiger partial charge in [-0.3, -0.25) is 9.47 Å². The number of anilines is 1. The van der Waals surface area contributed by atoms with Gasteiger partial charge in [0.25, 0.3) is 0 Å². The Morgan fingerprint density at radius 1 is 1.22 bits per heavy atom. The maximum atomic E-state index is 6.11. The third kappa shape index (κ3) is 1.31. The van der Waals surface area contributed by atoms with Crippen LogP contribution < -0.4 is 5.73 Å². The van der Waals surface area contributed by atoms with E-state index >= 15 is 0 Å². The highest BCUT2D eigenvalue weighted by atomic mass is 15.3. The summed E-state index contributed by atoms with van der Waals surface area (Å²) in [6.45, 7) is 2.42. The van der Waals surface area contributed by atoms with Gasteiger partial charge in [0, 0.05) is 18.8 Å². The molecule has 0 radical (unpaired) electrons. The standard InChI is InChI=1S/C13H17N5/c14-13-16-9-3-1-6-15-12(9)18(13)11-5-8-17-7-2-4-10(11)17/h1,3,6,10-11H,2,4-5,7-8H2,(H2,14,16). The van der Waals surface area contributed by atoms with Gasteiger partial charge in [0.15, 0.2) is 5.65 Å². The number of pyridine rings is 1. The first kappa shape index (κ1) is 10.3. The van der Waals surface area contributed by atoms with Crippen molar-refractivity contribution in [2.75, 3.05) is 18.8 Å². The van der Waals surface area contributed by atoms with Gasteiger partial charge in [-0.05, 0) is 37.9 Å². The Kier molecular flexibility index (Phi) is 2.11. The van der Waals surface area contributed by atoms with Gasteiger partial charge in [-0.1, -0.05) is 0 Å². The van der Waals surface area contributed by atoms with Crippen LogP contribution in [0.25, 0.3) is 11.2 Å². The van der Waals surface area contributed by atoms with Crippen molar-refractivity contribution in [3.63, 3.8) is 0 Å². The lowest BCUT2D eigenvalue weighted by Gasteiger charge is -2.22. The molecule has 2 atom stereocenters. The van der Waals surface area contributed by atoms with E-state index in [1.807, 2.05) is 18.3 Å². The minimum absolute atomic E-state index is 0.451. The molecule has 2 unspecified atom stereocenters. The maximum absolute atomic E-state index is 6.11. The third-order valence-electron chi connectivity index (χ3n) is 4.38. The molecule has 2 N–H and O–H groups in total. The third-order valence-corrected chi connectivity index (χ3v) is 4.38. The van der Waals surface area contributed by atoms with Crippen molar-refractivity contribution in [2.45, 2.75) is 31.3 Å². The molecule has 0 amide bonds. The van der Waals surface area contributed by atoms with Crippen molar-refractivity contribution in [3.8, 4) is 0 Å². The summed E-state index contributed by atoms with van der Waals surface area (Å²) in [5.74, 6) is 0.613. The molecule has 0 aliphatic carbocycles. The molecule has 5 heteroatoms. The van der Waals surface area contributed by atoms with Crippen molar-refractivity contribution in [1.82, 2.24) is 19.4 Å². The summed E-state index contributed by atoms with van der Waals surface area (Å²) in [5.41, 5.74) is 7.96. The molecule has 2 aliphatic rings. The molecule has 0 saturated carbocycles. The van der Waals surface area contributed by atoms with Gasteiger partial charge in [-0.2, -0.15) is 0 Å². The number of imidazole rings is 1. The normalized spacial score (nSPS) is 28.0. The van der Waals surface area contributed by atoms with E-state index in [0.717, 1.165) is 17.6 Å². The molecule has 18 heavy (non-hydrogen) atoms. The monoisotopic (exact) mass is 243 g/mol. The second-order valence-electron chi connectivity index (χ2n) is 5.29. The minimum Gasteiger partial charge on any atom is -0.369 e. The molecule has 4 heterocycles. The summed E-state index contributed by atoms with van der Waals surface area (Å²) in [5, 5.41) is 0. The van der Waals surface area contributed by atoms with E-state index in [1.54, 1.807) is 0 Å². The first-order valence-electron chi connectivity index (χ1n) is 6.67. The Bertz CT molecular complexity index is 590. The van der Waals surface area contributed by atoms with Crippen LogP contribution in [0.2, 0.25) is 0 Å². The second-order valence-corrected chi connectivity index (χ2v) is 5.29. The lowest BCUT2D eigenvalue weighted by molar-refractivity contribution is 0.293. The number of nitrogen functional groups attached to an aromatic ring is 1. The molecule has 5 nitrogen and oxygen atoms in total. The summed E-state index contributed by atoms with van der Waals surface area (Å²) in [6, 6.07) is 4.98. The molecule has 0 aromatic carbocycles.